The van der Waals surface area contributed by atoms with Crippen molar-refractivity contribution in [2.45, 2.75) is 10.1 Å². The van der Waals surface area contributed by atoms with Crippen LogP contribution >= 0.6 is 43.5 Å². The molecule has 0 saturated carbocycles. The van der Waals surface area contributed by atoms with Gasteiger partial charge in [-0.15, -0.1) is 0 Å². The lowest BCUT2D eigenvalue weighted by molar-refractivity contribution is -0.136. The van der Waals surface area contributed by atoms with Gasteiger partial charge in [-0.2, -0.15) is 0 Å². The third kappa shape index (κ3) is 6.18. The molecule has 2 rings (SSSR count). The Kier molecular flexibility index (Phi) is 7.43. The number of carbonyl (C=O) groups is 2. The molecular formula is C12H10N4O2S4. The van der Waals surface area contributed by atoms with E-state index in [9.17, 15) is 9.59 Å². The number of hydrogen-bond acceptors (Lipinski definition) is 8. The van der Waals surface area contributed by atoms with E-state index in [-0.39, 0.29) is 0 Å². The minimum absolute atomic E-state index is 0.720. The van der Waals surface area contributed by atoms with Gasteiger partial charge in [0.2, 0.25) is 0 Å². The van der Waals surface area contributed by atoms with Gasteiger partial charge < -0.3 is 0 Å². The molecule has 0 bridgehead atoms. The Labute approximate surface area is 143 Å². The molecule has 10 heteroatoms. The molecule has 6 nitrogen and oxygen atoms in total. The molecule has 0 aliphatic rings. The van der Waals surface area contributed by atoms with Crippen molar-refractivity contribution in [2.24, 2.45) is 0 Å². The van der Waals surface area contributed by atoms with Gasteiger partial charge in [-0.25, -0.2) is 9.97 Å². The van der Waals surface area contributed by atoms with Crippen molar-refractivity contribution in [2.75, 3.05) is 0 Å². The maximum atomic E-state index is 11.6. The van der Waals surface area contributed by atoms with E-state index in [0.717, 1.165) is 32.0 Å². The maximum Gasteiger partial charge on any atom is 0.320 e. The Morgan fingerprint density at radius 3 is 1.59 bits per heavy atom. The van der Waals surface area contributed by atoms with Crippen molar-refractivity contribution in [3.8, 4) is 0 Å². The van der Waals surface area contributed by atoms with Crippen LogP contribution in [0.1, 0.15) is 0 Å². The fourth-order valence-corrected chi connectivity index (χ4v) is 3.96. The molecule has 0 saturated heterocycles. The van der Waals surface area contributed by atoms with E-state index in [1.54, 1.807) is 24.5 Å². The highest BCUT2D eigenvalue weighted by molar-refractivity contribution is 8.76. The molecule has 0 fully saturated rings. The van der Waals surface area contributed by atoms with E-state index in [2.05, 4.69) is 19.4 Å². The zero-order valence-corrected chi connectivity index (χ0v) is 14.2. The summed E-state index contributed by atoms with van der Waals surface area (Å²) in [6.07, 6.45) is 3.31. The standard InChI is InChI=1S/C12H10N4O2S4/c17-11(15-21-19-9-5-1-3-7-13-9)12(18)16-22-20-10-6-2-4-8-14-10/h1-8H,(H,15,17)(H,16,18). The molecule has 2 aromatic rings. The molecule has 2 amide bonds. The van der Waals surface area contributed by atoms with E-state index in [1.807, 2.05) is 24.3 Å². The van der Waals surface area contributed by atoms with Crippen LogP contribution in [0, 0.1) is 0 Å². The number of rotatable bonds is 6. The summed E-state index contributed by atoms with van der Waals surface area (Å²) in [4.78, 5) is 31.3. The molecule has 0 radical (unpaired) electrons. The Morgan fingerprint density at radius 1 is 0.773 bits per heavy atom. The number of pyridine rings is 2. The lowest BCUT2D eigenvalue weighted by Crippen LogP contribution is -2.32. The highest BCUT2D eigenvalue weighted by atomic mass is 33.1. The third-order valence-corrected chi connectivity index (χ3v) is 5.56. The van der Waals surface area contributed by atoms with Gasteiger partial charge in [0.25, 0.3) is 0 Å². The smallest absolute Gasteiger partial charge is 0.282 e. The van der Waals surface area contributed by atoms with Gasteiger partial charge in [0, 0.05) is 34.4 Å². The van der Waals surface area contributed by atoms with Gasteiger partial charge in [0.1, 0.15) is 10.1 Å². The Hall–Kier alpha value is -1.36. The zero-order chi connectivity index (χ0) is 15.6. The van der Waals surface area contributed by atoms with Crippen LogP contribution in [0.25, 0.3) is 0 Å². The Morgan fingerprint density at radius 2 is 1.23 bits per heavy atom. The molecule has 2 aromatic heterocycles. The van der Waals surface area contributed by atoms with Crippen LogP contribution < -0.4 is 9.44 Å². The number of amides is 2. The van der Waals surface area contributed by atoms with Gasteiger partial charge in [-0.1, -0.05) is 12.1 Å². The van der Waals surface area contributed by atoms with Crippen molar-refractivity contribution in [1.82, 2.24) is 19.4 Å². The van der Waals surface area contributed by atoms with Crippen LogP contribution in [-0.4, -0.2) is 21.8 Å². The van der Waals surface area contributed by atoms with Crippen molar-refractivity contribution in [3.63, 3.8) is 0 Å². The van der Waals surface area contributed by atoms with E-state index >= 15 is 0 Å². The first kappa shape index (κ1) is 17.0. The lowest BCUT2D eigenvalue weighted by Gasteiger charge is -2.03. The molecule has 0 atom stereocenters. The maximum absolute atomic E-state index is 11.6. The van der Waals surface area contributed by atoms with Crippen LogP contribution in [-0.2, 0) is 9.59 Å². The van der Waals surface area contributed by atoms with Crippen molar-refractivity contribution < 1.29 is 9.59 Å². The predicted octanol–water partition coefficient (Wildman–Crippen LogP) is 2.72. The molecule has 0 spiro atoms. The summed E-state index contributed by atoms with van der Waals surface area (Å²) in [6.45, 7) is 0. The molecule has 22 heavy (non-hydrogen) atoms. The van der Waals surface area contributed by atoms with Crippen molar-refractivity contribution >= 4 is 55.4 Å². The summed E-state index contributed by atoms with van der Waals surface area (Å²) in [5, 5.41) is 1.49. The number of nitrogens with one attached hydrogen (secondary N) is 2. The minimum atomic E-state index is -0.720. The van der Waals surface area contributed by atoms with Gasteiger partial charge in [0.05, 0.1) is 0 Å². The zero-order valence-electron chi connectivity index (χ0n) is 11.0. The molecule has 0 aliphatic heterocycles. The monoisotopic (exact) mass is 370 g/mol. The largest absolute Gasteiger partial charge is 0.320 e. The summed E-state index contributed by atoms with van der Waals surface area (Å²) >= 11 is 0. The SMILES string of the molecule is O=C(NSSc1ccccn1)C(=O)NSSc1ccccn1. The van der Waals surface area contributed by atoms with E-state index in [4.69, 9.17) is 0 Å². The second-order valence-electron chi connectivity index (χ2n) is 3.53. The number of aromatic nitrogens is 2. The molecule has 0 aromatic carbocycles. The van der Waals surface area contributed by atoms with Crippen LogP contribution in [0.4, 0.5) is 0 Å². The first-order chi connectivity index (χ1) is 10.8. The fraction of sp³-hybridized carbons (Fsp3) is 0. The van der Waals surface area contributed by atoms with Crippen LogP contribution in [0.15, 0.2) is 58.8 Å². The fourth-order valence-electron chi connectivity index (χ4n) is 1.09. The second kappa shape index (κ2) is 9.62. The average molecular weight is 371 g/mol. The number of hydrogen-bond donors (Lipinski definition) is 2. The molecule has 2 N–H and O–H groups in total. The number of carbonyl (C=O) groups excluding carboxylic acids is 2. The molecule has 0 unspecified atom stereocenters. The van der Waals surface area contributed by atoms with Crippen LogP contribution in [0.2, 0.25) is 0 Å². The topological polar surface area (TPSA) is 84.0 Å². The van der Waals surface area contributed by atoms with Crippen LogP contribution in [0.3, 0.4) is 0 Å². The van der Waals surface area contributed by atoms with Crippen molar-refractivity contribution in [3.05, 3.63) is 48.8 Å². The summed E-state index contributed by atoms with van der Waals surface area (Å²) in [6, 6.07) is 10.9. The summed E-state index contributed by atoms with van der Waals surface area (Å²) in [7, 11) is 4.59. The molecule has 114 valence electrons. The molecule has 2 heterocycles. The second-order valence-corrected chi connectivity index (χ2v) is 7.44. The first-order valence-electron chi connectivity index (χ1n) is 5.85. The number of nitrogens with zero attached hydrogens (tertiary/aromatic N) is 2. The van der Waals surface area contributed by atoms with Crippen molar-refractivity contribution in [1.29, 1.82) is 0 Å². The predicted molar refractivity (Wildman–Crippen MR) is 91.7 cm³/mol. The first-order valence-corrected chi connectivity index (χ1v) is 10.1. The molecule has 0 aliphatic carbocycles. The van der Waals surface area contributed by atoms with E-state index in [1.165, 1.54) is 21.6 Å². The summed E-state index contributed by atoms with van der Waals surface area (Å²) < 4.78 is 4.86. The normalized spacial score (nSPS) is 10.0. The Bertz CT molecular complexity index is 560. The quantitative estimate of drug-likeness (QED) is 0.456. The van der Waals surface area contributed by atoms with E-state index in [0.29, 0.717) is 0 Å². The summed E-state index contributed by atoms with van der Waals surface area (Å²) in [5.74, 6) is -1.44. The Balaban J connectivity index is 1.63. The summed E-state index contributed by atoms with van der Waals surface area (Å²) in [5.41, 5.74) is 0. The van der Waals surface area contributed by atoms with Gasteiger partial charge >= 0.3 is 11.8 Å². The van der Waals surface area contributed by atoms with Gasteiger partial charge in [-0.3, -0.25) is 19.0 Å². The van der Waals surface area contributed by atoms with Gasteiger partial charge in [0.15, 0.2) is 0 Å². The average Bonchev–Trinajstić information content (AvgIpc) is 2.56. The van der Waals surface area contributed by atoms with E-state index < -0.39 is 11.8 Å². The lowest BCUT2D eigenvalue weighted by atomic mass is 10.5. The highest BCUT2D eigenvalue weighted by Crippen LogP contribution is 2.27. The van der Waals surface area contributed by atoms with Crippen LogP contribution in [0.5, 0.6) is 0 Å². The molecular weight excluding hydrogens is 360 g/mol. The highest BCUT2D eigenvalue weighted by Gasteiger charge is 2.14. The van der Waals surface area contributed by atoms with Gasteiger partial charge in [-0.05, 0) is 45.9 Å². The minimum Gasteiger partial charge on any atom is -0.282 e. The third-order valence-electron chi connectivity index (χ3n) is 2.00.